The highest BCUT2D eigenvalue weighted by atomic mass is 16.6. The number of nitrogens with zero attached hydrogens (tertiary/aromatic N) is 2. The van der Waals surface area contributed by atoms with Crippen molar-refractivity contribution in [2.75, 3.05) is 0 Å². The van der Waals surface area contributed by atoms with Gasteiger partial charge in [0, 0.05) is 18.8 Å². The van der Waals surface area contributed by atoms with E-state index in [1.54, 1.807) is 16.8 Å². The predicted octanol–water partition coefficient (Wildman–Crippen LogP) is 2.97. The molecule has 4 saturated carbocycles. The molecule has 21 heavy (non-hydrogen) atoms. The highest BCUT2D eigenvalue weighted by Crippen LogP contribution is 2.60. The van der Waals surface area contributed by atoms with Gasteiger partial charge in [0.2, 0.25) is 0 Å². The fraction of sp³-hybridized carbons (Fsp3) is 0.688. The van der Waals surface area contributed by atoms with Gasteiger partial charge in [-0.05, 0) is 67.8 Å². The number of aromatic nitrogens is 1. The van der Waals surface area contributed by atoms with E-state index in [0.29, 0.717) is 6.54 Å². The molecule has 112 valence electrons. The summed E-state index contributed by atoms with van der Waals surface area (Å²) < 4.78 is 1.59. The quantitative estimate of drug-likeness (QED) is 0.634. The van der Waals surface area contributed by atoms with E-state index in [4.69, 9.17) is 0 Å². The fourth-order valence-electron chi connectivity index (χ4n) is 5.63. The van der Waals surface area contributed by atoms with Crippen molar-refractivity contribution in [3.05, 3.63) is 38.8 Å². The molecule has 0 N–H and O–H groups in total. The van der Waals surface area contributed by atoms with Crippen LogP contribution < -0.4 is 5.56 Å². The van der Waals surface area contributed by atoms with Gasteiger partial charge in [-0.25, -0.2) is 0 Å². The van der Waals surface area contributed by atoms with E-state index < -0.39 is 10.5 Å². The first kappa shape index (κ1) is 13.0. The van der Waals surface area contributed by atoms with Crippen LogP contribution in [-0.2, 0) is 6.54 Å². The first-order chi connectivity index (χ1) is 10.0. The van der Waals surface area contributed by atoms with Crippen molar-refractivity contribution in [1.29, 1.82) is 0 Å². The maximum absolute atomic E-state index is 12.3. The zero-order chi connectivity index (χ0) is 14.6. The second-order valence-corrected chi connectivity index (χ2v) is 7.50. The van der Waals surface area contributed by atoms with E-state index in [2.05, 4.69) is 0 Å². The largest absolute Gasteiger partial charge is 0.334 e. The minimum Gasteiger partial charge on any atom is -0.309 e. The molecule has 0 radical (unpaired) electrons. The van der Waals surface area contributed by atoms with E-state index in [1.807, 2.05) is 0 Å². The molecule has 1 aromatic heterocycles. The van der Waals surface area contributed by atoms with Crippen molar-refractivity contribution in [1.82, 2.24) is 4.57 Å². The Morgan fingerprint density at radius 3 is 2.29 bits per heavy atom. The van der Waals surface area contributed by atoms with Gasteiger partial charge in [-0.1, -0.05) is 0 Å². The van der Waals surface area contributed by atoms with Gasteiger partial charge >= 0.3 is 11.2 Å². The lowest BCUT2D eigenvalue weighted by Gasteiger charge is -2.57. The molecule has 4 fully saturated rings. The summed E-state index contributed by atoms with van der Waals surface area (Å²) in [6.07, 6.45) is 9.42. The average Bonchev–Trinajstić information content (AvgIpc) is 2.39. The normalized spacial score (nSPS) is 36.9. The van der Waals surface area contributed by atoms with Crippen LogP contribution in [0, 0.1) is 33.3 Å². The molecule has 0 aromatic carbocycles. The van der Waals surface area contributed by atoms with E-state index in [0.717, 1.165) is 17.8 Å². The first-order valence-corrected chi connectivity index (χ1v) is 7.88. The van der Waals surface area contributed by atoms with Crippen molar-refractivity contribution < 1.29 is 4.92 Å². The molecule has 5 nitrogen and oxygen atoms in total. The molecule has 0 amide bonds. The molecule has 5 rings (SSSR count). The van der Waals surface area contributed by atoms with Gasteiger partial charge in [-0.2, -0.15) is 0 Å². The van der Waals surface area contributed by atoms with Crippen molar-refractivity contribution in [2.24, 2.45) is 23.2 Å². The number of hydrogen-bond donors (Lipinski definition) is 0. The molecule has 5 heteroatoms. The standard InChI is InChI=1S/C16H20N2O3/c19-15-14(18(20)21)2-1-3-17(15)10-16-7-11-4-12(8-16)6-13(5-11)9-16/h1-3,11-13H,4-10H2. The van der Waals surface area contributed by atoms with Crippen LogP contribution >= 0.6 is 0 Å². The third kappa shape index (κ3) is 2.10. The Balaban J connectivity index is 1.66. The Hall–Kier alpha value is -1.65. The van der Waals surface area contributed by atoms with Crippen LogP contribution in [0.4, 0.5) is 5.69 Å². The van der Waals surface area contributed by atoms with E-state index in [9.17, 15) is 14.9 Å². The minimum atomic E-state index is -0.571. The average molecular weight is 288 g/mol. The van der Waals surface area contributed by atoms with Gasteiger partial charge in [0.1, 0.15) is 0 Å². The monoisotopic (exact) mass is 288 g/mol. The Labute approximate surface area is 123 Å². The topological polar surface area (TPSA) is 65.1 Å². The second-order valence-electron chi connectivity index (χ2n) is 7.50. The first-order valence-electron chi connectivity index (χ1n) is 7.88. The molecule has 0 unspecified atom stereocenters. The number of nitro groups is 1. The Morgan fingerprint density at radius 2 is 1.76 bits per heavy atom. The summed E-state index contributed by atoms with van der Waals surface area (Å²) >= 11 is 0. The maximum Gasteiger partial charge on any atom is 0.334 e. The zero-order valence-electron chi connectivity index (χ0n) is 12.0. The molecule has 1 heterocycles. The Bertz CT molecular complexity index is 614. The summed E-state index contributed by atoms with van der Waals surface area (Å²) in [5.74, 6) is 2.47. The number of rotatable bonds is 3. The van der Waals surface area contributed by atoms with Gasteiger partial charge in [-0.3, -0.25) is 14.9 Å². The number of pyridine rings is 1. The van der Waals surface area contributed by atoms with Gasteiger partial charge < -0.3 is 4.57 Å². The van der Waals surface area contributed by atoms with Crippen LogP contribution in [0.15, 0.2) is 23.1 Å². The third-order valence-corrected chi connectivity index (χ3v) is 5.87. The summed E-state index contributed by atoms with van der Waals surface area (Å²) in [5.41, 5.74) is -0.533. The van der Waals surface area contributed by atoms with Crippen LogP contribution in [-0.4, -0.2) is 9.49 Å². The van der Waals surface area contributed by atoms with Crippen molar-refractivity contribution in [3.63, 3.8) is 0 Å². The molecule has 0 aliphatic heterocycles. The summed E-state index contributed by atoms with van der Waals surface area (Å²) in [5, 5.41) is 10.9. The Kier molecular flexibility index (Phi) is 2.75. The molecule has 4 aliphatic carbocycles. The third-order valence-electron chi connectivity index (χ3n) is 5.87. The van der Waals surface area contributed by atoms with Gasteiger partial charge in [-0.15, -0.1) is 0 Å². The maximum atomic E-state index is 12.3. The summed E-state index contributed by atoms with van der Waals surface area (Å²) in [6, 6.07) is 2.93. The van der Waals surface area contributed by atoms with Crippen molar-refractivity contribution >= 4 is 5.69 Å². The molecule has 4 aliphatic rings. The van der Waals surface area contributed by atoms with Crippen LogP contribution in [0.25, 0.3) is 0 Å². The predicted molar refractivity (Wildman–Crippen MR) is 78.0 cm³/mol. The summed E-state index contributed by atoms with van der Waals surface area (Å²) in [7, 11) is 0. The van der Waals surface area contributed by atoms with Crippen LogP contribution in [0.2, 0.25) is 0 Å². The van der Waals surface area contributed by atoms with E-state index >= 15 is 0 Å². The van der Waals surface area contributed by atoms with Crippen molar-refractivity contribution in [2.45, 2.75) is 45.1 Å². The number of hydrogen-bond acceptors (Lipinski definition) is 3. The van der Waals surface area contributed by atoms with Crippen LogP contribution in [0.3, 0.4) is 0 Å². The van der Waals surface area contributed by atoms with Crippen molar-refractivity contribution in [3.8, 4) is 0 Å². The molecular weight excluding hydrogens is 268 g/mol. The van der Waals surface area contributed by atoms with E-state index in [1.165, 1.54) is 44.6 Å². The van der Waals surface area contributed by atoms with Crippen LogP contribution in [0.1, 0.15) is 38.5 Å². The molecular formula is C16H20N2O3. The summed E-state index contributed by atoms with van der Waals surface area (Å²) in [6.45, 7) is 0.664. The van der Waals surface area contributed by atoms with Gasteiger partial charge in [0.25, 0.3) is 0 Å². The van der Waals surface area contributed by atoms with Gasteiger partial charge in [0.05, 0.1) is 4.92 Å². The fourth-order valence-corrected chi connectivity index (χ4v) is 5.63. The van der Waals surface area contributed by atoms with E-state index in [-0.39, 0.29) is 11.1 Å². The second kappa shape index (κ2) is 4.42. The lowest BCUT2D eigenvalue weighted by atomic mass is 9.49. The molecule has 0 saturated heterocycles. The molecule has 1 aromatic rings. The molecule has 4 bridgehead atoms. The zero-order valence-corrected chi connectivity index (χ0v) is 12.0. The van der Waals surface area contributed by atoms with Gasteiger partial charge in [0.15, 0.2) is 0 Å². The molecule has 0 atom stereocenters. The smallest absolute Gasteiger partial charge is 0.309 e. The highest BCUT2D eigenvalue weighted by molar-refractivity contribution is 5.25. The molecule has 0 spiro atoms. The lowest BCUT2D eigenvalue weighted by Crippen LogP contribution is -2.48. The highest BCUT2D eigenvalue weighted by Gasteiger charge is 2.51. The minimum absolute atomic E-state index is 0.216. The summed E-state index contributed by atoms with van der Waals surface area (Å²) in [4.78, 5) is 22.6. The Morgan fingerprint density at radius 1 is 1.19 bits per heavy atom. The lowest BCUT2D eigenvalue weighted by molar-refractivity contribution is -0.386. The van der Waals surface area contributed by atoms with Crippen LogP contribution in [0.5, 0.6) is 0 Å². The SMILES string of the molecule is O=c1c([N+](=O)[O-])cccn1CC12CC3CC(CC(C3)C1)C2.